The summed E-state index contributed by atoms with van der Waals surface area (Å²) in [5.41, 5.74) is 2.22. The van der Waals surface area contributed by atoms with Crippen molar-refractivity contribution in [1.82, 2.24) is 20.4 Å². The molecular weight excluding hydrogens is 456 g/mol. The normalized spacial score (nSPS) is 16.9. The van der Waals surface area contributed by atoms with Crippen molar-refractivity contribution in [3.8, 4) is 11.4 Å². The molecule has 4 rings (SSSR count). The standard InChI is InChI=1S/C24H27BrN4O2/c25-21-12-4-10-19(15-21)23-27-22(31-28-23)17-29-14-6-11-20(16-29)24(30)26-13-5-9-18-7-2-1-3-8-18/h1-4,7-8,10,12,15,20H,5-6,9,11,13-14,16-17H2,(H,26,30). The van der Waals surface area contributed by atoms with Crippen molar-refractivity contribution < 1.29 is 9.32 Å². The number of piperidine rings is 1. The van der Waals surface area contributed by atoms with E-state index in [0.29, 0.717) is 24.8 Å². The summed E-state index contributed by atoms with van der Waals surface area (Å²) >= 11 is 3.47. The maximum absolute atomic E-state index is 12.6. The van der Waals surface area contributed by atoms with Gasteiger partial charge in [0.05, 0.1) is 12.5 Å². The molecule has 7 heteroatoms. The number of hydrogen-bond donors (Lipinski definition) is 1. The van der Waals surface area contributed by atoms with E-state index >= 15 is 0 Å². The summed E-state index contributed by atoms with van der Waals surface area (Å²) in [6.45, 7) is 2.94. The molecule has 0 radical (unpaired) electrons. The fraction of sp³-hybridized carbons (Fsp3) is 0.375. The highest BCUT2D eigenvalue weighted by atomic mass is 79.9. The van der Waals surface area contributed by atoms with Crippen molar-refractivity contribution >= 4 is 21.8 Å². The molecule has 0 bridgehead atoms. The number of carbonyl (C=O) groups excluding carboxylic acids is 1. The largest absolute Gasteiger partial charge is 0.356 e. The number of amides is 1. The molecule has 1 aliphatic heterocycles. The topological polar surface area (TPSA) is 71.3 Å². The van der Waals surface area contributed by atoms with Gasteiger partial charge in [0.15, 0.2) is 0 Å². The number of rotatable bonds is 8. The fourth-order valence-corrected chi connectivity index (χ4v) is 4.36. The molecule has 1 N–H and O–H groups in total. The number of likely N-dealkylation sites (tertiary alicyclic amines) is 1. The molecule has 1 unspecified atom stereocenters. The number of halogens is 1. The molecule has 31 heavy (non-hydrogen) atoms. The van der Waals surface area contributed by atoms with Crippen molar-refractivity contribution in [3.05, 3.63) is 70.5 Å². The third-order valence-electron chi connectivity index (χ3n) is 5.57. The van der Waals surface area contributed by atoms with Crippen LogP contribution in [-0.4, -0.2) is 40.6 Å². The van der Waals surface area contributed by atoms with E-state index in [1.807, 2.05) is 30.3 Å². The Kier molecular flexibility index (Phi) is 7.48. The molecule has 1 aliphatic rings. The van der Waals surface area contributed by atoms with Crippen molar-refractivity contribution in [2.75, 3.05) is 19.6 Å². The second-order valence-electron chi connectivity index (χ2n) is 7.98. The van der Waals surface area contributed by atoms with Gasteiger partial charge in [0.2, 0.25) is 17.6 Å². The first-order chi connectivity index (χ1) is 15.2. The molecule has 1 aromatic heterocycles. The number of carbonyl (C=O) groups is 1. The van der Waals surface area contributed by atoms with E-state index in [4.69, 9.17) is 4.52 Å². The van der Waals surface area contributed by atoms with Crippen molar-refractivity contribution in [1.29, 1.82) is 0 Å². The van der Waals surface area contributed by atoms with Gasteiger partial charge in [0.1, 0.15) is 0 Å². The zero-order chi connectivity index (χ0) is 21.5. The average molecular weight is 483 g/mol. The van der Waals surface area contributed by atoms with E-state index in [2.05, 4.69) is 60.6 Å². The maximum Gasteiger partial charge on any atom is 0.241 e. The number of nitrogens with zero attached hydrogens (tertiary/aromatic N) is 3. The average Bonchev–Trinajstić information content (AvgIpc) is 3.26. The van der Waals surface area contributed by atoms with Crippen LogP contribution in [-0.2, 0) is 17.8 Å². The summed E-state index contributed by atoms with van der Waals surface area (Å²) in [5.74, 6) is 1.33. The molecule has 0 aliphatic carbocycles. The molecule has 3 aromatic rings. The van der Waals surface area contributed by atoms with Crippen LogP contribution in [0.25, 0.3) is 11.4 Å². The van der Waals surface area contributed by atoms with Gasteiger partial charge in [-0.15, -0.1) is 0 Å². The third kappa shape index (κ3) is 6.24. The lowest BCUT2D eigenvalue weighted by Gasteiger charge is -2.30. The molecule has 6 nitrogen and oxygen atoms in total. The zero-order valence-electron chi connectivity index (χ0n) is 17.5. The minimum Gasteiger partial charge on any atom is -0.356 e. The van der Waals surface area contributed by atoms with Gasteiger partial charge >= 0.3 is 0 Å². The van der Waals surface area contributed by atoms with Gasteiger partial charge in [-0.25, -0.2) is 0 Å². The van der Waals surface area contributed by atoms with Gasteiger partial charge in [0.25, 0.3) is 0 Å². The molecule has 1 amide bonds. The second-order valence-corrected chi connectivity index (χ2v) is 8.89. The van der Waals surface area contributed by atoms with Gasteiger partial charge < -0.3 is 9.84 Å². The SMILES string of the molecule is O=C(NCCCc1ccccc1)C1CCCN(Cc2nc(-c3cccc(Br)c3)no2)C1. The maximum atomic E-state index is 12.6. The fourth-order valence-electron chi connectivity index (χ4n) is 3.96. The van der Waals surface area contributed by atoms with Crippen molar-refractivity contribution in [3.63, 3.8) is 0 Å². The molecule has 162 valence electrons. The van der Waals surface area contributed by atoms with E-state index in [1.54, 1.807) is 0 Å². The Hall–Kier alpha value is -2.51. The van der Waals surface area contributed by atoms with Gasteiger partial charge in [0, 0.05) is 23.1 Å². The number of nitrogens with one attached hydrogen (secondary N) is 1. The van der Waals surface area contributed by atoms with Crippen LogP contribution < -0.4 is 5.32 Å². The number of benzene rings is 2. The molecule has 2 heterocycles. The molecule has 1 atom stereocenters. The van der Waals surface area contributed by atoms with Gasteiger partial charge in [-0.3, -0.25) is 9.69 Å². The monoisotopic (exact) mass is 482 g/mol. The summed E-state index contributed by atoms with van der Waals surface area (Å²) in [4.78, 5) is 19.4. The van der Waals surface area contributed by atoms with Crippen LogP contribution in [0, 0.1) is 5.92 Å². The van der Waals surface area contributed by atoms with Gasteiger partial charge in [-0.05, 0) is 49.9 Å². The minimum atomic E-state index is 0.0120. The highest BCUT2D eigenvalue weighted by Crippen LogP contribution is 2.22. The smallest absolute Gasteiger partial charge is 0.241 e. The lowest BCUT2D eigenvalue weighted by Crippen LogP contribution is -2.43. The Balaban J connectivity index is 1.24. The Morgan fingerprint density at radius 3 is 2.90 bits per heavy atom. The van der Waals surface area contributed by atoms with Crippen LogP contribution in [0.5, 0.6) is 0 Å². The van der Waals surface area contributed by atoms with E-state index < -0.39 is 0 Å². The summed E-state index contributed by atoms with van der Waals surface area (Å²) in [6, 6.07) is 18.2. The first-order valence-electron chi connectivity index (χ1n) is 10.8. The summed E-state index contributed by atoms with van der Waals surface area (Å²) < 4.78 is 6.44. The first-order valence-corrected chi connectivity index (χ1v) is 11.6. The third-order valence-corrected chi connectivity index (χ3v) is 6.06. The van der Waals surface area contributed by atoms with E-state index in [-0.39, 0.29) is 11.8 Å². The van der Waals surface area contributed by atoms with Crippen molar-refractivity contribution in [2.24, 2.45) is 5.92 Å². The predicted octanol–water partition coefficient (Wildman–Crippen LogP) is 4.46. The number of aromatic nitrogens is 2. The minimum absolute atomic E-state index is 0.0120. The molecule has 0 saturated carbocycles. The molecular formula is C24H27BrN4O2. The van der Waals surface area contributed by atoms with Crippen LogP contribution >= 0.6 is 15.9 Å². The van der Waals surface area contributed by atoms with Crippen LogP contribution in [0.1, 0.15) is 30.7 Å². The lowest BCUT2D eigenvalue weighted by atomic mass is 9.97. The lowest BCUT2D eigenvalue weighted by molar-refractivity contribution is -0.126. The highest BCUT2D eigenvalue weighted by Gasteiger charge is 2.26. The number of aryl methyl sites for hydroxylation is 1. The quantitative estimate of drug-likeness (QED) is 0.479. The Bertz CT molecular complexity index is 992. The second kappa shape index (κ2) is 10.7. The van der Waals surface area contributed by atoms with Crippen LogP contribution in [0.2, 0.25) is 0 Å². The number of hydrogen-bond acceptors (Lipinski definition) is 5. The van der Waals surface area contributed by atoms with E-state index in [0.717, 1.165) is 48.8 Å². The van der Waals surface area contributed by atoms with E-state index in [1.165, 1.54) is 5.56 Å². The Morgan fingerprint density at radius 2 is 2.06 bits per heavy atom. The summed E-state index contributed by atoms with van der Waals surface area (Å²) in [6.07, 6.45) is 3.85. The molecule has 1 saturated heterocycles. The molecule has 1 fully saturated rings. The Labute approximate surface area is 191 Å². The predicted molar refractivity (Wildman–Crippen MR) is 123 cm³/mol. The first kappa shape index (κ1) is 21.7. The van der Waals surface area contributed by atoms with Crippen LogP contribution in [0.15, 0.2) is 63.6 Å². The summed E-state index contributed by atoms with van der Waals surface area (Å²) in [7, 11) is 0. The molecule has 2 aromatic carbocycles. The highest BCUT2D eigenvalue weighted by molar-refractivity contribution is 9.10. The molecule has 0 spiro atoms. The van der Waals surface area contributed by atoms with E-state index in [9.17, 15) is 4.79 Å². The van der Waals surface area contributed by atoms with Gasteiger partial charge in [-0.1, -0.05) is 63.6 Å². The zero-order valence-corrected chi connectivity index (χ0v) is 19.1. The van der Waals surface area contributed by atoms with Gasteiger partial charge in [-0.2, -0.15) is 4.98 Å². The summed E-state index contributed by atoms with van der Waals surface area (Å²) in [5, 5.41) is 7.23. The van der Waals surface area contributed by atoms with Crippen LogP contribution in [0.3, 0.4) is 0 Å². The van der Waals surface area contributed by atoms with Crippen molar-refractivity contribution in [2.45, 2.75) is 32.2 Å². The Morgan fingerprint density at radius 1 is 1.19 bits per heavy atom. The van der Waals surface area contributed by atoms with Crippen LogP contribution in [0.4, 0.5) is 0 Å².